The van der Waals surface area contributed by atoms with Crippen LogP contribution in [0.2, 0.25) is 0 Å². The standard InChI is InChI=1S/C14H20N2O3.ClH/c1-10-2-4-11(5-3-10)12(17)8-16-14(18)13-9-15-6-7-19-13;/h2-5,12-13,15,17H,6-9H2,1H3,(H,16,18);1H. The van der Waals surface area contributed by atoms with E-state index in [0.717, 1.165) is 17.7 Å². The van der Waals surface area contributed by atoms with Gasteiger partial charge in [-0.05, 0) is 12.5 Å². The number of morpholine rings is 1. The number of ether oxygens (including phenoxy) is 1. The average molecular weight is 301 g/mol. The molecule has 2 unspecified atom stereocenters. The highest BCUT2D eigenvalue weighted by molar-refractivity contribution is 5.85. The topological polar surface area (TPSA) is 70.6 Å². The summed E-state index contributed by atoms with van der Waals surface area (Å²) < 4.78 is 5.34. The van der Waals surface area contributed by atoms with Crippen molar-refractivity contribution in [2.24, 2.45) is 0 Å². The molecule has 0 aliphatic carbocycles. The molecule has 1 aromatic carbocycles. The van der Waals surface area contributed by atoms with E-state index in [1.54, 1.807) is 0 Å². The van der Waals surface area contributed by atoms with Crippen molar-refractivity contribution in [3.63, 3.8) is 0 Å². The maximum Gasteiger partial charge on any atom is 0.250 e. The zero-order chi connectivity index (χ0) is 13.7. The summed E-state index contributed by atoms with van der Waals surface area (Å²) in [6.07, 6.45) is -1.15. The largest absolute Gasteiger partial charge is 0.387 e. The van der Waals surface area contributed by atoms with Crippen molar-refractivity contribution in [3.8, 4) is 0 Å². The van der Waals surface area contributed by atoms with Crippen molar-refractivity contribution in [1.82, 2.24) is 10.6 Å². The van der Waals surface area contributed by atoms with Gasteiger partial charge in [0.2, 0.25) is 0 Å². The van der Waals surface area contributed by atoms with E-state index in [1.165, 1.54) is 0 Å². The van der Waals surface area contributed by atoms with Gasteiger partial charge in [-0.15, -0.1) is 12.4 Å². The van der Waals surface area contributed by atoms with Crippen molar-refractivity contribution < 1.29 is 14.6 Å². The van der Waals surface area contributed by atoms with Gasteiger partial charge in [0, 0.05) is 19.6 Å². The fourth-order valence-electron chi connectivity index (χ4n) is 1.95. The zero-order valence-electron chi connectivity index (χ0n) is 11.5. The van der Waals surface area contributed by atoms with Crippen LogP contribution >= 0.6 is 12.4 Å². The quantitative estimate of drug-likeness (QED) is 0.760. The lowest BCUT2D eigenvalue weighted by molar-refractivity contribution is -0.134. The monoisotopic (exact) mass is 300 g/mol. The minimum atomic E-state index is -0.693. The predicted molar refractivity (Wildman–Crippen MR) is 79.0 cm³/mol. The number of nitrogens with one attached hydrogen (secondary N) is 2. The van der Waals surface area contributed by atoms with Gasteiger partial charge in [0.1, 0.15) is 6.10 Å². The summed E-state index contributed by atoms with van der Waals surface area (Å²) in [5.41, 5.74) is 1.94. The van der Waals surface area contributed by atoms with E-state index in [2.05, 4.69) is 10.6 Å². The number of halogens is 1. The van der Waals surface area contributed by atoms with Gasteiger partial charge in [-0.3, -0.25) is 4.79 Å². The molecular weight excluding hydrogens is 280 g/mol. The molecule has 0 aromatic heterocycles. The van der Waals surface area contributed by atoms with Gasteiger partial charge in [0.25, 0.3) is 5.91 Å². The third-order valence-electron chi connectivity index (χ3n) is 3.15. The van der Waals surface area contributed by atoms with E-state index in [4.69, 9.17) is 4.74 Å². The van der Waals surface area contributed by atoms with Gasteiger partial charge in [0.05, 0.1) is 12.7 Å². The Kier molecular flexibility index (Phi) is 6.95. The maximum atomic E-state index is 11.8. The van der Waals surface area contributed by atoms with E-state index >= 15 is 0 Å². The van der Waals surface area contributed by atoms with E-state index < -0.39 is 12.2 Å². The molecule has 1 aliphatic rings. The second kappa shape index (κ2) is 8.21. The summed E-state index contributed by atoms with van der Waals surface area (Å²) in [7, 11) is 0. The van der Waals surface area contributed by atoms with Crippen molar-refractivity contribution in [2.75, 3.05) is 26.2 Å². The molecule has 2 atom stereocenters. The predicted octanol–water partition coefficient (Wildman–Crippen LogP) is 0.555. The number of rotatable bonds is 4. The van der Waals surface area contributed by atoms with Crippen LogP contribution in [0.25, 0.3) is 0 Å². The summed E-state index contributed by atoms with van der Waals surface area (Å²) in [5.74, 6) is -0.182. The molecule has 20 heavy (non-hydrogen) atoms. The average Bonchev–Trinajstić information content (AvgIpc) is 2.46. The Labute approximate surface area is 125 Å². The number of carbonyl (C=O) groups excluding carboxylic acids is 1. The molecule has 0 radical (unpaired) electrons. The minimum Gasteiger partial charge on any atom is -0.387 e. The van der Waals surface area contributed by atoms with Crippen LogP contribution in [0.3, 0.4) is 0 Å². The van der Waals surface area contributed by atoms with E-state index in [1.807, 2.05) is 31.2 Å². The summed E-state index contributed by atoms with van der Waals surface area (Å²) >= 11 is 0. The van der Waals surface area contributed by atoms with Crippen LogP contribution in [0.5, 0.6) is 0 Å². The van der Waals surface area contributed by atoms with Gasteiger partial charge >= 0.3 is 0 Å². The number of aryl methyl sites for hydroxylation is 1. The smallest absolute Gasteiger partial charge is 0.250 e. The molecule has 1 amide bonds. The molecule has 0 saturated carbocycles. The van der Waals surface area contributed by atoms with Crippen molar-refractivity contribution in [3.05, 3.63) is 35.4 Å². The number of aliphatic hydroxyl groups excluding tert-OH is 1. The Bertz CT molecular complexity index is 419. The first-order valence-corrected chi connectivity index (χ1v) is 6.51. The Balaban J connectivity index is 0.00000200. The number of benzene rings is 1. The number of aliphatic hydroxyl groups is 1. The van der Waals surface area contributed by atoms with Crippen LogP contribution in [-0.4, -0.2) is 43.4 Å². The first-order chi connectivity index (χ1) is 9.16. The lowest BCUT2D eigenvalue weighted by Crippen LogP contribution is -2.48. The molecule has 5 nitrogen and oxygen atoms in total. The minimum absolute atomic E-state index is 0. The van der Waals surface area contributed by atoms with E-state index in [-0.39, 0.29) is 24.9 Å². The summed E-state index contributed by atoms with van der Waals surface area (Å²) in [6.45, 7) is 4.02. The molecule has 1 aromatic rings. The lowest BCUT2D eigenvalue weighted by Gasteiger charge is -2.23. The Hall–Kier alpha value is -1.14. The summed E-state index contributed by atoms with van der Waals surface area (Å²) in [4.78, 5) is 11.8. The normalized spacial score (nSPS) is 19.8. The molecule has 1 heterocycles. The number of hydrogen-bond acceptors (Lipinski definition) is 4. The van der Waals surface area contributed by atoms with Crippen molar-refractivity contribution >= 4 is 18.3 Å². The second-order valence-corrected chi connectivity index (χ2v) is 4.74. The van der Waals surface area contributed by atoms with Crippen LogP contribution in [0.1, 0.15) is 17.2 Å². The van der Waals surface area contributed by atoms with E-state index in [0.29, 0.717) is 13.2 Å². The SMILES string of the molecule is Cc1ccc(C(O)CNC(=O)C2CNCCO2)cc1.Cl. The van der Waals surface area contributed by atoms with E-state index in [9.17, 15) is 9.90 Å². The molecule has 2 rings (SSSR count). The molecule has 0 spiro atoms. The third-order valence-corrected chi connectivity index (χ3v) is 3.15. The molecular formula is C14H21ClN2O3. The first kappa shape index (κ1) is 16.9. The highest BCUT2D eigenvalue weighted by atomic mass is 35.5. The van der Waals surface area contributed by atoms with Gasteiger partial charge in [0.15, 0.2) is 0 Å². The zero-order valence-corrected chi connectivity index (χ0v) is 12.3. The van der Waals surface area contributed by atoms with Crippen LogP contribution in [-0.2, 0) is 9.53 Å². The highest BCUT2D eigenvalue weighted by Crippen LogP contribution is 2.12. The van der Waals surface area contributed by atoms with Gasteiger partial charge in [-0.2, -0.15) is 0 Å². The molecule has 112 valence electrons. The van der Waals surface area contributed by atoms with Crippen LogP contribution < -0.4 is 10.6 Å². The van der Waals surface area contributed by atoms with Crippen molar-refractivity contribution in [2.45, 2.75) is 19.1 Å². The van der Waals surface area contributed by atoms with Crippen LogP contribution in [0.15, 0.2) is 24.3 Å². The van der Waals surface area contributed by atoms with Crippen LogP contribution in [0.4, 0.5) is 0 Å². The summed E-state index contributed by atoms with van der Waals surface area (Å²) in [6, 6.07) is 7.61. The van der Waals surface area contributed by atoms with Crippen LogP contribution in [0, 0.1) is 6.92 Å². The Morgan fingerprint density at radius 3 is 2.80 bits per heavy atom. The van der Waals surface area contributed by atoms with Gasteiger partial charge in [-0.25, -0.2) is 0 Å². The first-order valence-electron chi connectivity index (χ1n) is 6.51. The number of hydrogen-bond donors (Lipinski definition) is 3. The fourth-order valence-corrected chi connectivity index (χ4v) is 1.95. The molecule has 0 bridgehead atoms. The van der Waals surface area contributed by atoms with Gasteiger partial charge in [-0.1, -0.05) is 29.8 Å². The molecule has 1 saturated heterocycles. The Morgan fingerprint density at radius 2 is 2.20 bits per heavy atom. The molecule has 6 heteroatoms. The third kappa shape index (κ3) is 4.76. The van der Waals surface area contributed by atoms with Crippen molar-refractivity contribution in [1.29, 1.82) is 0 Å². The summed E-state index contributed by atoms with van der Waals surface area (Å²) in [5, 5.41) is 15.8. The highest BCUT2D eigenvalue weighted by Gasteiger charge is 2.22. The molecule has 1 fully saturated rings. The second-order valence-electron chi connectivity index (χ2n) is 4.74. The maximum absolute atomic E-state index is 11.8. The van der Waals surface area contributed by atoms with Gasteiger partial charge < -0.3 is 20.5 Å². The Morgan fingerprint density at radius 1 is 1.50 bits per heavy atom. The fraction of sp³-hybridized carbons (Fsp3) is 0.500. The molecule has 3 N–H and O–H groups in total. The number of carbonyl (C=O) groups is 1. The lowest BCUT2D eigenvalue weighted by atomic mass is 10.1. The number of amides is 1. The molecule has 1 aliphatic heterocycles.